The van der Waals surface area contributed by atoms with E-state index in [0.717, 1.165) is 22.6 Å². The molecule has 7 heteroatoms. The second-order valence-electron chi connectivity index (χ2n) is 4.89. The van der Waals surface area contributed by atoms with Crippen LogP contribution in [0.4, 0.5) is 4.79 Å². The molecule has 20 heavy (non-hydrogen) atoms. The fourth-order valence-corrected chi connectivity index (χ4v) is 1.98. The lowest BCUT2D eigenvalue weighted by Crippen LogP contribution is -2.41. The minimum atomic E-state index is -0.732. The van der Waals surface area contributed by atoms with E-state index in [9.17, 15) is 14.4 Å². The van der Waals surface area contributed by atoms with E-state index < -0.39 is 17.8 Å². The van der Waals surface area contributed by atoms with Crippen LogP contribution in [0.25, 0.3) is 0 Å². The Morgan fingerprint density at radius 2 is 1.75 bits per heavy atom. The average molecular weight is 285 g/mol. The Morgan fingerprint density at radius 3 is 2.35 bits per heavy atom. The summed E-state index contributed by atoms with van der Waals surface area (Å²) in [5, 5.41) is 0. The number of imide groups is 2. The molecule has 1 fully saturated rings. The summed E-state index contributed by atoms with van der Waals surface area (Å²) in [6, 6.07) is -0.507. The smallest absolute Gasteiger partial charge is 0.335 e. The maximum Gasteiger partial charge on any atom is 0.335 e. The molecule has 0 unspecified atom stereocenters. The van der Waals surface area contributed by atoms with Gasteiger partial charge in [-0.25, -0.2) is 9.69 Å². The molecule has 0 aliphatic carbocycles. The Hall–Kier alpha value is -1.47. The summed E-state index contributed by atoms with van der Waals surface area (Å²) < 4.78 is 4.95. The number of unbranched alkanes of at least 4 members (excludes halogenated alkanes) is 1. The number of hydrogen-bond acceptors (Lipinski definition) is 5. The van der Waals surface area contributed by atoms with Crippen LogP contribution in [0.15, 0.2) is 0 Å². The van der Waals surface area contributed by atoms with Crippen LogP contribution < -0.4 is 0 Å². The average Bonchev–Trinajstić information content (AvgIpc) is 2.62. The third-order valence-corrected chi connectivity index (χ3v) is 3.14. The number of urea groups is 1. The number of carbonyl (C=O) groups excluding carboxylic acids is 3. The molecule has 0 atom stereocenters. The van der Waals surface area contributed by atoms with Crippen LogP contribution in [0, 0.1) is 0 Å². The molecule has 1 rings (SSSR count). The second-order valence-corrected chi connectivity index (χ2v) is 4.89. The lowest BCUT2D eigenvalue weighted by molar-refractivity contribution is -0.143. The predicted octanol–water partition coefficient (Wildman–Crippen LogP) is 0.503. The molecular formula is C13H23N3O4. The fourth-order valence-electron chi connectivity index (χ4n) is 1.98. The van der Waals surface area contributed by atoms with Gasteiger partial charge in [-0.15, -0.1) is 0 Å². The highest BCUT2D eigenvalue weighted by Gasteiger charge is 2.44. The van der Waals surface area contributed by atoms with E-state index in [2.05, 4.69) is 0 Å². The van der Waals surface area contributed by atoms with Crippen molar-refractivity contribution in [1.29, 1.82) is 0 Å². The summed E-state index contributed by atoms with van der Waals surface area (Å²) in [6.45, 7) is 3.72. The summed E-state index contributed by atoms with van der Waals surface area (Å²) in [5.74, 6) is -1.45. The normalized spacial score (nSPS) is 15.9. The number of amides is 4. The predicted molar refractivity (Wildman–Crippen MR) is 72.9 cm³/mol. The van der Waals surface area contributed by atoms with Gasteiger partial charge in [0.05, 0.1) is 6.67 Å². The topological polar surface area (TPSA) is 70.2 Å². The Balaban J connectivity index is 2.55. The highest BCUT2D eigenvalue weighted by molar-refractivity contribution is 6.44. The van der Waals surface area contributed by atoms with E-state index in [-0.39, 0.29) is 6.67 Å². The summed E-state index contributed by atoms with van der Waals surface area (Å²) in [4.78, 5) is 39.5. The van der Waals surface area contributed by atoms with E-state index in [1.807, 2.05) is 11.8 Å². The lowest BCUT2D eigenvalue weighted by Gasteiger charge is -2.22. The zero-order valence-corrected chi connectivity index (χ0v) is 12.4. The number of methoxy groups -OCH3 is 1. The van der Waals surface area contributed by atoms with Crippen molar-refractivity contribution >= 4 is 17.8 Å². The van der Waals surface area contributed by atoms with Crippen LogP contribution in [-0.4, -0.2) is 73.1 Å². The molecule has 1 aliphatic heterocycles. The van der Waals surface area contributed by atoms with Crippen molar-refractivity contribution < 1.29 is 19.1 Å². The second kappa shape index (κ2) is 7.96. The number of ether oxygens (including phenoxy) is 1. The summed E-state index contributed by atoms with van der Waals surface area (Å²) in [7, 11) is 3.42. The highest BCUT2D eigenvalue weighted by atomic mass is 16.5. The molecule has 114 valence electrons. The van der Waals surface area contributed by atoms with Gasteiger partial charge in [0, 0.05) is 26.8 Å². The van der Waals surface area contributed by atoms with E-state index in [1.54, 1.807) is 14.2 Å². The Kier molecular flexibility index (Phi) is 6.60. The van der Waals surface area contributed by atoms with Crippen LogP contribution in [-0.2, 0) is 14.3 Å². The first kappa shape index (κ1) is 16.6. The largest absolute Gasteiger partial charge is 0.385 e. The minimum Gasteiger partial charge on any atom is -0.385 e. The van der Waals surface area contributed by atoms with Crippen molar-refractivity contribution in [3.63, 3.8) is 0 Å². The molecule has 7 nitrogen and oxygen atoms in total. The molecule has 0 radical (unpaired) electrons. The molecule has 4 amide bonds. The SMILES string of the molecule is CCCCN1C(=O)C(=O)N(CN(C)CCCOC)C1=O. The van der Waals surface area contributed by atoms with E-state index >= 15 is 0 Å². The van der Waals surface area contributed by atoms with Crippen LogP contribution in [0.2, 0.25) is 0 Å². The maximum absolute atomic E-state index is 12.1. The van der Waals surface area contributed by atoms with Gasteiger partial charge in [-0.2, -0.15) is 0 Å². The molecule has 0 aromatic heterocycles. The zero-order chi connectivity index (χ0) is 15.1. The number of rotatable bonds is 9. The number of carbonyl (C=O) groups is 3. The Bertz CT molecular complexity index is 373. The third-order valence-electron chi connectivity index (χ3n) is 3.14. The first-order valence-corrected chi connectivity index (χ1v) is 6.87. The third kappa shape index (κ3) is 4.01. The lowest BCUT2D eigenvalue weighted by atomic mass is 10.3. The van der Waals surface area contributed by atoms with Gasteiger partial charge < -0.3 is 4.74 Å². The molecule has 1 saturated heterocycles. The molecule has 0 saturated carbocycles. The quantitative estimate of drug-likeness (QED) is 0.350. The highest BCUT2D eigenvalue weighted by Crippen LogP contribution is 2.13. The van der Waals surface area contributed by atoms with Gasteiger partial charge in [-0.3, -0.25) is 19.4 Å². The maximum atomic E-state index is 12.1. The molecule has 0 aromatic rings. The Morgan fingerprint density at radius 1 is 1.10 bits per heavy atom. The van der Waals surface area contributed by atoms with Gasteiger partial charge in [0.15, 0.2) is 0 Å². The van der Waals surface area contributed by atoms with Crippen LogP contribution in [0.1, 0.15) is 26.2 Å². The van der Waals surface area contributed by atoms with Gasteiger partial charge in [0.1, 0.15) is 0 Å². The molecule has 0 aromatic carbocycles. The first-order valence-electron chi connectivity index (χ1n) is 6.87. The molecule has 1 aliphatic rings. The monoisotopic (exact) mass is 285 g/mol. The standard InChI is InChI=1S/C13H23N3O4/c1-4-5-8-15-11(17)12(18)16(13(15)19)10-14(2)7-6-9-20-3/h4-10H2,1-3H3. The zero-order valence-electron chi connectivity index (χ0n) is 12.4. The van der Waals surface area contributed by atoms with Crippen LogP contribution in [0.3, 0.4) is 0 Å². The fraction of sp³-hybridized carbons (Fsp3) is 0.769. The molecule has 0 N–H and O–H groups in total. The van der Waals surface area contributed by atoms with Crippen molar-refractivity contribution in [2.75, 3.05) is 40.5 Å². The van der Waals surface area contributed by atoms with E-state index in [0.29, 0.717) is 26.1 Å². The molecule has 0 spiro atoms. The molecule has 1 heterocycles. The Labute approximate surface area is 119 Å². The minimum absolute atomic E-state index is 0.135. The number of nitrogens with zero attached hydrogens (tertiary/aromatic N) is 3. The van der Waals surface area contributed by atoms with Crippen molar-refractivity contribution in [1.82, 2.24) is 14.7 Å². The van der Waals surface area contributed by atoms with Crippen LogP contribution >= 0.6 is 0 Å². The van der Waals surface area contributed by atoms with Crippen molar-refractivity contribution in [2.24, 2.45) is 0 Å². The van der Waals surface area contributed by atoms with Gasteiger partial charge in [-0.05, 0) is 19.9 Å². The van der Waals surface area contributed by atoms with Gasteiger partial charge in [0.2, 0.25) is 0 Å². The number of hydrogen-bond donors (Lipinski definition) is 0. The van der Waals surface area contributed by atoms with Gasteiger partial charge in [0.25, 0.3) is 0 Å². The van der Waals surface area contributed by atoms with Gasteiger partial charge in [-0.1, -0.05) is 13.3 Å². The summed E-state index contributed by atoms with van der Waals surface area (Å²) >= 11 is 0. The van der Waals surface area contributed by atoms with Crippen molar-refractivity contribution in [2.45, 2.75) is 26.2 Å². The van der Waals surface area contributed by atoms with Crippen molar-refractivity contribution in [3.05, 3.63) is 0 Å². The summed E-state index contributed by atoms with van der Waals surface area (Å²) in [6.07, 6.45) is 2.38. The summed E-state index contributed by atoms with van der Waals surface area (Å²) in [5.41, 5.74) is 0. The van der Waals surface area contributed by atoms with Crippen LogP contribution in [0.5, 0.6) is 0 Å². The first-order chi connectivity index (χ1) is 9.52. The van der Waals surface area contributed by atoms with E-state index in [1.165, 1.54) is 0 Å². The van der Waals surface area contributed by atoms with Crippen molar-refractivity contribution in [3.8, 4) is 0 Å². The molecular weight excluding hydrogens is 262 g/mol. The molecule has 0 bridgehead atoms. The van der Waals surface area contributed by atoms with E-state index in [4.69, 9.17) is 4.74 Å². The van der Waals surface area contributed by atoms with Gasteiger partial charge >= 0.3 is 17.8 Å².